The number of carbonyl (C=O) groups excluding carboxylic acids is 3. The zero-order valence-corrected chi connectivity index (χ0v) is 24.2. The Bertz CT molecular complexity index is 1640. The Labute approximate surface area is 250 Å². The molecule has 6 rings (SSSR count). The van der Waals surface area contributed by atoms with E-state index in [4.69, 9.17) is 16.3 Å². The number of halogens is 4. The number of rotatable bonds is 5. The van der Waals surface area contributed by atoms with Crippen LogP contribution in [0.5, 0.6) is 5.75 Å². The Morgan fingerprint density at radius 2 is 1.81 bits per heavy atom. The molecule has 8 nitrogen and oxygen atoms in total. The predicted octanol–water partition coefficient (Wildman–Crippen LogP) is 5.30. The van der Waals surface area contributed by atoms with Crippen LogP contribution >= 0.6 is 34.7 Å². The number of nitrogens with one attached hydrogen (secondary N) is 1. The summed E-state index contributed by atoms with van der Waals surface area (Å²) in [6.07, 6.45) is -1.79. The Hall–Kier alpha value is -3.29. The van der Waals surface area contributed by atoms with Gasteiger partial charge in [-0.1, -0.05) is 40.8 Å². The monoisotopic (exact) mass is 637 g/mol. The standard InChI is InChI=1S/C28H23ClF3N3O5S2/c29-15-7-8-18(40-13-19(36)34-9-2-1-3-10-34)17(12-15)20-21-23(41-24-22(20)42-27(39)33-24)26(38)35(25(21)37)16-6-4-5-14(11-16)28(30,31)32/h4-8,11-12,20-21,23H,1-3,9-10,13H2,(H,33,39). The number of likely N-dealkylation sites (tertiary alicyclic amines) is 1. The molecule has 4 heterocycles. The smallest absolute Gasteiger partial charge is 0.416 e. The molecule has 3 aliphatic heterocycles. The highest BCUT2D eigenvalue weighted by Gasteiger charge is 2.57. The predicted molar refractivity (Wildman–Crippen MR) is 151 cm³/mol. The number of carbonyl (C=O) groups is 3. The molecule has 3 aromatic rings. The number of piperidine rings is 1. The first-order chi connectivity index (χ1) is 20.0. The van der Waals surface area contributed by atoms with Crippen LogP contribution in [-0.4, -0.2) is 52.6 Å². The van der Waals surface area contributed by atoms with Gasteiger partial charge in [-0.25, -0.2) is 4.90 Å². The SMILES string of the molecule is O=C(COc1ccc(Cl)cc1C1c2sc(=O)[nH]c2SC2C(=O)N(c3cccc(C(F)(F)F)c3)C(=O)C21)N1CCCCC1. The van der Waals surface area contributed by atoms with Crippen LogP contribution in [0.3, 0.4) is 0 Å². The van der Waals surface area contributed by atoms with E-state index in [-0.39, 0.29) is 24.0 Å². The number of H-pyrrole nitrogens is 1. The molecule has 1 N–H and O–H groups in total. The van der Waals surface area contributed by atoms with Gasteiger partial charge in [0, 0.05) is 34.5 Å². The average molecular weight is 638 g/mol. The first-order valence-corrected chi connectivity index (χ1v) is 15.2. The highest BCUT2D eigenvalue weighted by Crippen LogP contribution is 2.55. The number of anilines is 1. The Morgan fingerprint density at radius 3 is 2.55 bits per heavy atom. The highest BCUT2D eigenvalue weighted by molar-refractivity contribution is 8.00. The maximum absolute atomic E-state index is 14.0. The lowest BCUT2D eigenvalue weighted by molar-refractivity contribution is -0.137. The number of fused-ring (bicyclic) bond motifs is 2. The van der Waals surface area contributed by atoms with Crippen molar-refractivity contribution in [2.75, 3.05) is 24.6 Å². The molecule has 2 fully saturated rings. The summed E-state index contributed by atoms with van der Waals surface area (Å²) in [5.41, 5.74) is -0.792. The lowest BCUT2D eigenvalue weighted by atomic mass is 9.82. The molecular formula is C28H23ClF3N3O5S2. The van der Waals surface area contributed by atoms with Crippen molar-refractivity contribution < 1.29 is 32.3 Å². The molecule has 0 radical (unpaired) electrons. The van der Waals surface area contributed by atoms with Crippen molar-refractivity contribution in [2.45, 2.75) is 41.6 Å². The van der Waals surface area contributed by atoms with Crippen molar-refractivity contribution in [3.63, 3.8) is 0 Å². The molecule has 2 saturated heterocycles. The van der Waals surface area contributed by atoms with Gasteiger partial charge in [0.05, 0.1) is 22.2 Å². The molecule has 2 aromatic carbocycles. The third-order valence-electron chi connectivity index (χ3n) is 7.62. The van der Waals surface area contributed by atoms with E-state index < -0.39 is 45.5 Å². The fourth-order valence-corrected chi connectivity index (χ4v) is 8.38. The van der Waals surface area contributed by atoms with E-state index in [1.54, 1.807) is 23.1 Å². The zero-order chi connectivity index (χ0) is 29.8. The number of hydrogen-bond acceptors (Lipinski definition) is 7. The molecule has 0 spiro atoms. The van der Waals surface area contributed by atoms with Gasteiger partial charge in [-0.2, -0.15) is 13.2 Å². The van der Waals surface area contributed by atoms with Crippen LogP contribution in [-0.2, 0) is 20.6 Å². The molecule has 1 aromatic heterocycles. The molecule has 3 unspecified atom stereocenters. The largest absolute Gasteiger partial charge is 0.483 e. The van der Waals surface area contributed by atoms with Crippen LogP contribution in [0.4, 0.5) is 18.9 Å². The number of imide groups is 1. The molecule has 220 valence electrons. The van der Waals surface area contributed by atoms with Gasteiger partial charge in [-0.3, -0.25) is 19.2 Å². The van der Waals surface area contributed by atoms with Crippen LogP contribution in [0.15, 0.2) is 52.3 Å². The highest BCUT2D eigenvalue weighted by atomic mass is 35.5. The third-order valence-corrected chi connectivity index (χ3v) is 10.3. The van der Waals surface area contributed by atoms with E-state index in [0.29, 0.717) is 33.6 Å². The van der Waals surface area contributed by atoms with Crippen molar-refractivity contribution in [1.82, 2.24) is 9.88 Å². The van der Waals surface area contributed by atoms with Crippen molar-refractivity contribution in [3.05, 3.63) is 73.2 Å². The van der Waals surface area contributed by atoms with E-state index in [1.807, 2.05) is 0 Å². The van der Waals surface area contributed by atoms with Gasteiger partial charge >= 0.3 is 11.0 Å². The Balaban J connectivity index is 1.39. The number of nitrogens with zero attached hydrogens (tertiary/aromatic N) is 2. The number of ether oxygens (including phenoxy) is 1. The summed E-state index contributed by atoms with van der Waals surface area (Å²) in [7, 11) is 0. The normalized spacial score (nSPS) is 22.2. The van der Waals surface area contributed by atoms with Crippen molar-refractivity contribution >= 4 is 58.1 Å². The number of benzene rings is 2. The number of thiazole rings is 1. The maximum Gasteiger partial charge on any atom is 0.416 e. The van der Waals surface area contributed by atoms with Crippen LogP contribution in [0.2, 0.25) is 5.02 Å². The second-order valence-electron chi connectivity index (χ2n) is 10.2. The lowest BCUT2D eigenvalue weighted by Crippen LogP contribution is -2.38. The van der Waals surface area contributed by atoms with Gasteiger partial charge in [0.2, 0.25) is 11.8 Å². The minimum Gasteiger partial charge on any atom is -0.483 e. The van der Waals surface area contributed by atoms with Crippen molar-refractivity contribution in [2.24, 2.45) is 5.92 Å². The number of alkyl halides is 3. The molecule has 14 heteroatoms. The first kappa shape index (κ1) is 28.8. The summed E-state index contributed by atoms with van der Waals surface area (Å²) in [5.74, 6) is -3.30. The van der Waals surface area contributed by atoms with Gasteiger partial charge in [0.1, 0.15) is 11.0 Å². The van der Waals surface area contributed by atoms with Gasteiger partial charge < -0.3 is 14.6 Å². The molecule has 42 heavy (non-hydrogen) atoms. The summed E-state index contributed by atoms with van der Waals surface area (Å²) in [4.78, 5) is 58.2. The van der Waals surface area contributed by atoms with Crippen LogP contribution < -0.4 is 14.5 Å². The topological polar surface area (TPSA) is 99.8 Å². The Kier molecular flexibility index (Phi) is 7.60. The minimum absolute atomic E-state index is 0.192. The molecular weight excluding hydrogens is 615 g/mol. The molecule has 0 bridgehead atoms. The zero-order valence-electron chi connectivity index (χ0n) is 21.8. The van der Waals surface area contributed by atoms with Crippen LogP contribution in [0.25, 0.3) is 0 Å². The number of aromatic amines is 1. The second-order valence-corrected chi connectivity index (χ2v) is 12.8. The van der Waals surface area contributed by atoms with Crippen LogP contribution in [0, 0.1) is 5.92 Å². The van der Waals surface area contributed by atoms with E-state index in [9.17, 15) is 32.3 Å². The van der Waals surface area contributed by atoms with E-state index >= 15 is 0 Å². The van der Waals surface area contributed by atoms with E-state index in [2.05, 4.69) is 4.98 Å². The summed E-state index contributed by atoms with van der Waals surface area (Å²) < 4.78 is 46.3. The molecule has 0 saturated carbocycles. The number of thioether (sulfide) groups is 1. The van der Waals surface area contributed by atoms with E-state index in [0.717, 1.165) is 65.5 Å². The van der Waals surface area contributed by atoms with Gasteiger partial charge in [0.15, 0.2) is 6.61 Å². The van der Waals surface area contributed by atoms with Gasteiger partial charge in [-0.15, -0.1) is 0 Å². The van der Waals surface area contributed by atoms with E-state index in [1.165, 1.54) is 6.07 Å². The third kappa shape index (κ3) is 5.22. The Morgan fingerprint density at radius 1 is 1.05 bits per heavy atom. The number of amides is 3. The van der Waals surface area contributed by atoms with Crippen molar-refractivity contribution in [1.29, 1.82) is 0 Å². The number of hydrogen-bond donors (Lipinski definition) is 1. The summed E-state index contributed by atoms with van der Waals surface area (Å²) in [5, 5.41) is -0.347. The summed E-state index contributed by atoms with van der Waals surface area (Å²) in [6, 6.07) is 8.75. The fraction of sp³-hybridized carbons (Fsp3) is 0.357. The summed E-state index contributed by atoms with van der Waals surface area (Å²) in [6.45, 7) is 1.02. The van der Waals surface area contributed by atoms with Gasteiger partial charge in [0.25, 0.3) is 5.91 Å². The van der Waals surface area contributed by atoms with Gasteiger partial charge in [-0.05, 0) is 55.7 Å². The fourth-order valence-electron chi connectivity index (χ4n) is 5.70. The van der Waals surface area contributed by atoms with Crippen molar-refractivity contribution in [3.8, 4) is 5.75 Å². The molecule has 0 aliphatic carbocycles. The number of aromatic nitrogens is 1. The lowest BCUT2D eigenvalue weighted by Gasteiger charge is -2.31. The molecule has 3 atom stereocenters. The molecule has 3 amide bonds. The quantitative estimate of drug-likeness (QED) is 0.382. The second kappa shape index (κ2) is 11.1. The first-order valence-electron chi connectivity index (χ1n) is 13.2. The van der Waals surface area contributed by atoms with Crippen LogP contribution in [0.1, 0.15) is 41.2 Å². The maximum atomic E-state index is 14.0. The summed E-state index contributed by atoms with van der Waals surface area (Å²) >= 11 is 8.25. The molecule has 3 aliphatic rings. The minimum atomic E-state index is -4.67. The average Bonchev–Trinajstić information content (AvgIpc) is 3.46.